The first kappa shape index (κ1) is 23.6. The standard InChI is InChI=1S/C32H30N2O2/c35-31(33-30-21-11-17-26-16-7-8-18-27(26)30)28-19-9-10-20-29(28)32(36)34(22-24-12-3-1-4-13-24)23-25-14-5-2-6-15-25/h1-18,21,28-29H,19-20,22-23H2,(H,33,35). The Labute approximate surface area is 212 Å². The summed E-state index contributed by atoms with van der Waals surface area (Å²) in [5.41, 5.74) is 2.93. The fourth-order valence-corrected chi connectivity index (χ4v) is 4.99. The van der Waals surface area contributed by atoms with Gasteiger partial charge in [-0.25, -0.2) is 0 Å². The van der Waals surface area contributed by atoms with Crippen LogP contribution in [0.4, 0.5) is 5.69 Å². The molecule has 0 aromatic heterocycles. The SMILES string of the molecule is O=C(Nc1cccc2ccccc12)C1CC=CCC1C(=O)N(Cc1ccccc1)Cc1ccccc1. The lowest BCUT2D eigenvalue weighted by atomic mass is 9.81. The normalized spacial score (nSPS) is 17.0. The zero-order valence-corrected chi connectivity index (χ0v) is 20.2. The van der Waals surface area contributed by atoms with Gasteiger partial charge in [0.15, 0.2) is 0 Å². The second-order valence-electron chi connectivity index (χ2n) is 9.34. The highest BCUT2D eigenvalue weighted by Gasteiger charge is 2.36. The van der Waals surface area contributed by atoms with E-state index in [1.807, 2.05) is 120 Å². The lowest BCUT2D eigenvalue weighted by molar-refractivity contribution is -0.141. The van der Waals surface area contributed by atoms with Crippen molar-refractivity contribution in [1.29, 1.82) is 0 Å². The lowest BCUT2D eigenvalue weighted by Gasteiger charge is -2.32. The first-order chi connectivity index (χ1) is 17.7. The molecule has 4 aromatic carbocycles. The molecule has 1 N–H and O–H groups in total. The number of anilines is 1. The van der Waals surface area contributed by atoms with Gasteiger partial charge >= 0.3 is 0 Å². The Balaban J connectivity index is 1.39. The quantitative estimate of drug-likeness (QED) is 0.307. The van der Waals surface area contributed by atoms with Crippen LogP contribution in [-0.4, -0.2) is 16.7 Å². The third kappa shape index (κ3) is 5.38. The van der Waals surface area contributed by atoms with Gasteiger partial charge in [0.2, 0.25) is 11.8 Å². The summed E-state index contributed by atoms with van der Waals surface area (Å²) in [6.45, 7) is 1.01. The van der Waals surface area contributed by atoms with Crippen molar-refractivity contribution in [2.75, 3.05) is 5.32 Å². The Hall–Kier alpha value is -4.18. The number of carbonyl (C=O) groups is 2. The molecule has 1 aliphatic carbocycles. The van der Waals surface area contributed by atoms with Gasteiger partial charge in [-0.05, 0) is 35.4 Å². The molecule has 4 heteroatoms. The predicted molar refractivity (Wildman–Crippen MR) is 145 cm³/mol. The average Bonchev–Trinajstić information content (AvgIpc) is 2.93. The number of allylic oxidation sites excluding steroid dienone is 2. The zero-order chi connectivity index (χ0) is 24.7. The molecule has 2 amide bonds. The number of carbonyl (C=O) groups excluding carboxylic acids is 2. The number of rotatable bonds is 7. The second kappa shape index (κ2) is 11.0. The first-order valence-electron chi connectivity index (χ1n) is 12.5. The zero-order valence-electron chi connectivity index (χ0n) is 20.2. The van der Waals surface area contributed by atoms with Gasteiger partial charge in [0.25, 0.3) is 0 Å². The van der Waals surface area contributed by atoms with Crippen molar-refractivity contribution in [3.05, 3.63) is 126 Å². The minimum atomic E-state index is -0.421. The van der Waals surface area contributed by atoms with Gasteiger partial charge in [0.1, 0.15) is 0 Å². The van der Waals surface area contributed by atoms with Crippen molar-refractivity contribution in [3.63, 3.8) is 0 Å². The summed E-state index contributed by atoms with van der Waals surface area (Å²) in [7, 11) is 0. The van der Waals surface area contributed by atoms with E-state index in [0.29, 0.717) is 25.9 Å². The largest absolute Gasteiger partial charge is 0.334 e. The molecule has 0 aliphatic heterocycles. The maximum Gasteiger partial charge on any atom is 0.228 e. The molecule has 4 aromatic rings. The number of hydrogen-bond acceptors (Lipinski definition) is 2. The summed E-state index contributed by atoms with van der Waals surface area (Å²) >= 11 is 0. The third-order valence-electron chi connectivity index (χ3n) is 6.88. The minimum Gasteiger partial charge on any atom is -0.334 e. The van der Waals surface area contributed by atoms with E-state index in [0.717, 1.165) is 27.6 Å². The van der Waals surface area contributed by atoms with Crippen molar-refractivity contribution in [2.45, 2.75) is 25.9 Å². The van der Waals surface area contributed by atoms with Crippen molar-refractivity contribution in [2.24, 2.45) is 11.8 Å². The summed E-state index contributed by atoms with van der Waals surface area (Å²) in [6.07, 6.45) is 5.17. The molecule has 2 unspecified atom stereocenters. The molecule has 0 spiro atoms. The van der Waals surface area contributed by atoms with Gasteiger partial charge in [-0.1, -0.05) is 109 Å². The van der Waals surface area contributed by atoms with E-state index in [2.05, 4.69) is 5.32 Å². The predicted octanol–water partition coefficient (Wildman–Crippen LogP) is 6.59. The van der Waals surface area contributed by atoms with E-state index in [1.54, 1.807) is 0 Å². The third-order valence-corrected chi connectivity index (χ3v) is 6.88. The van der Waals surface area contributed by atoms with Crippen LogP contribution in [0.1, 0.15) is 24.0 Å². The number of fused-ring (bicyclic) bond motifs is 1. The summed E-state index contributed by atoms with van der Waals surface area (Å²) in [5, 5.41) is 5.20. The molecule has 0 heterocycles. The van der Waals surface area contributed by atoms with E-state index in [9.17, 15) is 9.59 Å². The maximum atomic E-state index is 14.0. The van der Waals surface area contributed by atoms with Gasteiger partial charge in [0, 0.05) is 24.2 Å². The molecular formula is C32H30N2O2. The van der Waals surface area contributed by atoms with Crippen molar-refractivity contribution in [3.8, 4) is 0 Å². The fourth-order valence-electron chi connectivity index (χ4n) is 4.99. The number of hydrogen-bond donors (Lipinski definition) is 1. The van der Waals surface area contributed by atoms with Crippen LogP contribution in [0.5, 0.6) is 0 Å². The Morgan fingerprint density at radius 2 is 1.22 bits per heavy atom. The molecule has 0 saturated heterocycles. The molecule has 0 bridgehead atoms. The van der Waals surface area contributed by atoms with E-state index >= 15 is 0 Å². The summed E-state index contributed by atoms with van der Waals surface area (Å²) in [6, 6.07) is 34.0. The second-order valence-corrected chi connectivity index (χ2v) is 9.34. The van der Waals surface area contributed by atoms with Crippen LogP contribution in [0.3, 0.4) is 0 Å². The van der Waals surface area contributed by atoms with Crippen LogP contribution >= 0.6 is 0 Å². The smallest absolute Gasteiger partial charge is 0.228 e. The monoisotopic (exact) mass is 474 g/mol. The average molecular weight is 475 g/mol. The van der Waals surface area contributed by atoms with Gasteiger partial charge in [-0.2, -0.15) is 0 Å². The molecule has 36 heavy (non-hydrogen) atoms. The number of benzene rings is 4. The molecule has 0 saturated carbocycles. The van der Waals surface area contributed by atoms with Gasteiger partial charge in [-0.15, -0.1) is 0 Å². The van der Waals surface area contributed by atoms with E-state index in [-0.39, 0.29) is 11.8 Å². The topological polar surface area (TPSA) is 49.4 Å². The molecule has 4 nitrogen and oxygen atoms in total. The van der Waals surface area contributed by atoms with Crippen molar-refractivity contribution < 1.29 is 9.59 Å². The molecule has 2 atom stereocenters. The molecular weight excluding hydrogens is 444 g/mol. The summed E-state index contributed by atoms with van der Waals surface area (Å²) < 4.78 is 0. The molecule has 1 aliphatic rings. The van der Waals surface area contributed by atoms with Crippen LogP contribution in [-0.2, 0) is 22.7 Å². The van der Waals surface area contributed by atoms with Gasteiger partial charge in [-0.3, -0.25) is 9.59 Å². The number of nitrogens with zero attached hydrogens (tertiary/aromatic N) is 1. The maximum absolute atomic E-state index is 14.0. The molecule has 0 fully saturated rings. The van der Waals surface area contributed by atoms with Gasteiger partial charge in [0.05, 0.1) is 11.8 Å². The Morgan fingerprint density at radius 3 is 1.89 bits per heavy atom. The van der Waals surface area contributed by atoms with Crippen molar-refractivity contribution in [1.82, 2.24) is 4.90 Å². The molecule has 5 rings (SSSR count). The number of nitrogens with one attached hydrogen (secondary N) is 1. The van der Waals surface area contributed by atoms with Gasteiger partial charge < -0.3 is 10.2 Å². The summed E-state index contributed by atoms with van der Waals surface area (Å²) in [5.74, 6) is -0.911. The lowest BCUT2D eigenvalue weighted by Crippen LogP contribution is -2.42. The first-order valence-corrected chi connectivity index (χ1v) is 12.5. The minimum absolute atomic E-state index is 0.0186. The molecule has 0 radical (unpaired) electrons. The highest BCUT2D eigenvalue weighted by Crippen LogP contribution is 2.31. The fraction of sp³-hybridized carbons (Fsp3) is 0.188. The Morgan fingerprint density at radius 1 is 0.667 bits per heavy atom. The Bertz CT molecular complexity index is 1320. The van der Waals surface area contributed by atoms with E-state index in [4.69, 9.17) is 0 Å². The summed E-state index contributed by atoms with van der Waals surface area (Å²) in [4.78, 5) is 29.4. The Kier molecular flexibility index (Phi) is 7.23. The van der Waals surface area contributed by atoms with Crippen LogP contribution < -0.4 is 5.32 Å². The van der Waals surface area contributed by atoms with Crippen molar-refractivity contribution >= 4 is 28.3 Å². The molecule has 180 valence electrons. The van der Waals surface area contributed by atoms with E-state index in [1.165, 1.54) is 0 Å². The highest BCUT2D eigenvalue weighted by atomic mass is 16.2. The van der Waals surface area contributed by atoms with Crippen LogP contribution in [0, 0.1) is 11.8 Å². The van der Waals surface area contributed by atoms with Crippen LogP contribution in [0.25, 0.3) is 10.8 Å². The van der Waals surface area contributed by atoms with Crippen LogP contribution in [0.2, 0.25) is 0 Å². The highest BCUT2D eigenvalue weighted by molar-refractivity contribution is 6.04. The number of amides is 2. The van der Waals surface area contributed by atoms with Crippen LogP contribution in [0.15, 0.2) is 115 Å². The van der Waals surface area contributed by atoms with E-state index < -0.39 is 11.8 Å².